The highest BCUT2D eigenvalue weighted by atomic mass is 32.2. The maximum absolute atomic E-state index is 11.9. The average molecular weight is 425 g/mol. The summed E-state index contributed by atoms with van der Waals surface area (Å²) in [6.07, 6.45) is 6.37. The molecule has 0 spiro atoms. The van der Waals surface area contributed by atoms with E-state index in [1.54, 1.807) is 21.9 Å². The van der Waals surface area contributed by atoms with Gasteiger partial charge < -0.3 is 15.1 Å². The molecule has 0 unspecified atom stereocenters. The number of hydrogen-bond donors (Lipinski definition) is 2. The second kappa shape index (κ2) is 10.1. The summed E-state index contributed by atoms with van der Waals surface area (Å²) in [7, 11) is -3.18. The van der Waals surface area contributed by atoms with E-state index in [-0.39, 0.29) is 6.04 Å². The Hall–Kier alpha value is -1.84. The second-order valence-corrected chi connectivity index (χ2v) is 9.84. The molecule has 0 aromatic carbocycles. The fraction of sp³-hybridized carbons (Fsp3) is 0.526. The summed E-state index contributed by atoms with van der Waals surface area (Å²) in [5, 5.41) is 8.77. The van der Waals surface area contributed by atoms with Gasteiger partial charge in [0.25, 0.3) is 0 Å². The van der Waals surface area contributed by atoms with E-state index < -0.39 is 10.0 Å². The Balaban J connectivity index is 1.55. The monoisotopic (exact) mass is 424 g/mol. The quantitative estimate of drug-likeness (QED) is 0.475. The van der Waals surface area contributed by atoms with Gasteiger partial charge in [0.2, 0.25) is 10.0 Å². The summed E-state index contributed by atoms with van der Waals surface area (Å²) in [6, 6.07) is 7.94. The maximum atomic E-state index is 11.9. The molecule has 0 bridgehead atoms. The van der Waals surface area contributed by atoms with Gasteiger partial charge in [-0.2, -0.15) is 4.31 Å². The molecule has 3 rings (SSSR count). The highest BCUT2D eigenvalue weighted by molar-refractivity contribution is 7.88. The van der Waals surface area contributed by atoms with Crippen molar-refractivity contribution in [3.05, 3.63) is 46.5 Å². The summed E-state index contributed by atoms with van der Waals surface area (Å²) in [5.74, 6) is 1.63. The van der Waals surface area contributed by atoms with Crippen LogP contribution >= 0.6 is 11.3 Å². The van der Waals surface area contributed by atoms with Crippen LogP contribution in [-0.4, -0.2) is 57.2 Å². The lowest BCUT2D eigenvalue weighted by Gasteiger charge is -2.21. The number of thiophene rings is 1. The first kappa shape index (κ1) is 20.9. The highest BCUT2D eigenvalue weighted by Gasteiger charge is 2.31. The fourth-order valence-electron chi connectivity index (χ4n) is 3.32. The Bertz CT molecular complexity index is 790. The predicted molar refractivity (Wildman–Crippen MR) is 113 cm³/mol. The second-order valence-electron chi connectivity index (χ2n) is 6.87. The van der Waals surface area contributed by atoms with Crippen LogP contribution in [0.25, 0.3) is 0 Å². The van der Waals surface area contributed by atoms with E-state index in [4.69, 9.17) is 4.42 Å². The number of furan rings is 1. The molecule has 2 aromatic rings. The molecular formula is C19H28N4O3S2. The molecule has 0 saturated carbocycles. The van der Waals surface area contributed by atoms with E-state index in [1.807, 2.05) is 12.1 Å². The fourth-order valence-corrected chi connectivity index (χ4v) is 5.20. The lowest BCUT2D eigenvalue weighted by Crippen LogP contribution is -2.41. The average Bonchev–Trinajstić information content (AvgIpc) is 3.40. The molecule has 7 nitrogen and oxygen atoms in total. The van der Waals surface area contributed by atoms with Crippen LogP contribution in [0.5, 0.6) is 0 Å². The molecule has 28 heavy (non-hydrogen) atoms. The van der Waals surface area contributed by atoms with Crippen LogP contribution in [0.3, 0.4) is 0 Å². The molecule has 0 aliphatic carbocycles. The van der Waals surface area contributed by atoms with Crippen molar-refractivity contribution in [2.45, 2.75) is 31.7 Å². The van der Waals surface area contributed by atoms with Crippen molar-refractivity contribution < 1.29 is 12.8 Å². The zero-order chi connectivity index (χ0) is 19.8. The van der Waals surface area contributed by atoms with Gasteiger partial charge in [-0.05, 0) is 42.8 Å². The summed E-state index contributed by atoms with van der Waals surface area (Å²) in [4.78, 5) is 5.99. The third kappa shape index (κ3) is 6.35. The Morgan fingerprint density at radius 3 is 2.79 bits per heavy atom. The molecule has 1 atom stereocenters. The van der Waals surface area contributed by atoms with E-state index in [1.165, 1.54) is 11.1 Å². The van der Waals surface area contributed by atoms with Crippen molar-refractivity contribution in [1.29, 1.82) is 0 Å². The molecule has 0 radical (unpaired) electrons. The van der Waals surface area contributed by atoms with E-state index >= 15 is 0 Å². The van der Waals surface area contributed by atoms with Crippen molar-refractivity contribution in [2.24, 2.45) is 4.99 Å². The van der Waals surface area contributed by atoms with Gasteiger partial charge >= 0.3 is 0 Å². The number of rotatable bonds is 9. The molecule has 1 fully saturated rings. The van der Waals surface area contributed by atoms with Crippen LogP contribution in [0.4, 0.5) is 0 Å². The van der Waals surface area contributed by atoms with Crippen molar-refractivity contribution >= 4 is 27.3 Å². The lowest BCUT2D eigenvalue weighted by atomic mass is 10.2. The van der Waals surface area contributed by atoms with Gasteiger partial charge in [-0.25, -0.2) is 8.42 Å². The molecule has 1 aliphatic rings. The molecule has 154 valence electrons. The molecule has 2 N–H and O–H groups in total. The van der Waals surface area contributed by atoms with Crippen LogP contribution in [0.15, 0.2) is 45.3 Å². The minimum Gasteiger partial charge on any atom is -0.469 e. The maximum Gasteiger partial charge on any atom is 0.211 e. The van der Waals surface area contributed by atoms with Crippen molar-refractivity contribution in [3.8, 4) is 0 Å². The van der Waals surface area contributed by atoms with E-state index in [9.17, 15) is 8.42 Å². The van der Waals surface area contributed by atoms with Gasteiger partial charge in [-0.1, -0.05) is 6.07 Å². The number of hydrogen-bond acceptors (Lipinski definition) is 5. The van der Waals surface area contributed by atoms with Gasteiger partial charge in [-0.15, -0.1) is 11.3 Å². The minimum atomic E-state index is -3.18. The molecule has 3 heterocycles. The largest absolute Gasteiger partial charge is 0.469 e. The highest BCUT2D eigenvalue weighted by Crippen LogP contribution is 2.20. The molecular weight excluding hydrogens is 396 g/mol. The Morgan fingerprint density at radius 1 is 1.29 bits per heavy atom. The first-order valence-electron chi connectivity index (χ1n) is 9.56. The van der Waals surface area contributed by atoms with Crippen LogP contribution in [0.2, 0.25) is 0 Å². The zero-order valence-electron chi connectivity index (χ0n) is 16.1. The summed E-state index contributed by atoms with van der Waals surface area (Å²) >= 11 is 1.74. The van der Waals surface area contributed by atoms with Gasteiger partial charge in [0.05, 0.1) is 19.1 Å². The van der Waals surface area contributed by atoms with E-state index in [2.05, 4.69) is 33.1 Å². The Morgan fingerprint density at radius 2 is 2.11 bits per heavy atom. The normalized spacial score (nSPS) is 18.5. The van der Waals surface area contributed by atoms with E-state index in [0.29, 0.717) is 25.6 Å². The van der Waals surface area contributed by atoms with E-state index in [0.717, 1.165) is 38.0 Å². The number of nitrogens with one attached hydrogen (secondary N) is 2. The molecule has 9 heteroatoms. The number of aliphatic imine (C=N–C) groups is 1. The molecule has 0 amide bonds. The van der Waals surface area contributed by atoms with Crippen molar-refractivity contribution in [3.63, 3.8) is 0 Å². The molecule has 2 aromatic heterocycles. The Labute approximate surface area is 170 Å². The van der Waals surface area contributed by atoms with Crippen LogP contribution in [0.1, 0.15) is 23.5 Å². The Kier molecular flexibility index (Phi) is 7.52. The molecule has 1 saturated heterocycles. The van der Waals surface area contributed by atoms with Gasteiger partial charge in [0, 0.05) is 37.0 Å². The zero-order valence-corrected chi connectivity index (χ0v) is 17.8. The number of sulfonamides is 1. The third-order valence-electron chi connectivity index (χ3n) is 4.70. The SMILES string of the molecule is CS(=O)(=O)N1CCC[C@@H]1CN=C(NCCc1ccco1)NCCc1cccs1. The predicted octanol–water partition coefficient (Wildman–Crippen LogP) is 2.09. The van der Waals surface area contributed by atoms with Crippen molar-refractivity contribution in [1.82, 2.24) is 14.9 Å². The number of guanidine groups is 1. The lowest BCUT2D eigenvalue weighted by molar-refractivity contribution is 0.396. The van der Waals surface area contributed by atoms with Gasteiger partial charge in [0.15, 0.2) is 5.96 Å². The first-order chi connectivity index (χ1) is 13.5. The van der Waals surface area contributed by atoms with Crippen LogP contribution < -0.4 is 10.6 Å². The minimum absolute atomic E-state index is 0.0593. The first-order valence-corrected chi connectivity index (χ1v) is 12.3. The molecule has 1 aliphatic heterocycles. The van der Waals surface area contributed by atoms with Crippen LogP contribution in [0, 0.1) is 0 Å². The standard InChI is InChI=1S/C19H28N4O3S2/c1-28(24,25)23-12-2-5-16(23)15-22-19(20-10-8-17-6-3-13-26-17)21-11-9-18-7-4-14-27-18/h3-4,6-7,13-14,16H,2,5,8-12,15H2,1H3,(H2,20,21,22)/t16-/m1/s1. The van der Waals surface area contributed by atoms with Crippen LogP contribution in [-0.2, 0) is 22.9 Å². The summed E-state index contributed by atoms with van der Waals surface area (Å²) < 4.78 is 30.8. The van der Waals surface area contributed by atoms with Crippen molar-refractivity contribution in [2.75, 3.05) is 32.4 Å². The third-order valence-corrected chi connectivity index (χ3v) is 6.97. The van der Waals surface area contributed by atoms with Gasteiger partial charge in [0.1, 0.15) is 5.76 Å². The number of nitrogens with zero attached hydrogens (tertiary/aromatic N) is 2. The smallest absolute Gasteiger partial charge is 0.211 e. The van der Waals surface area contributed by atoms with Gasteiger partial charge in [-0.3, -0.25) is 4.99 Å². The summed E-state index contributed by atoms with van der Waals surface area (Å²) in [5.41, 5.74) is 0. The summed E-state index contributed by atoms with van der Waals surface area (Å²) in [6.45, 7) is 2.51. The topological polar surface area (TPSA) is 86.9 Å².